The average molecular weight is 524 g/mol. The number of nitrogens with one attached hydrogen (secondary N) is 2. The standard InChI is InChI=1S/C21H13ClF3N5O4S/c22-14-10-9-12(11-17(14)30(31)32)26-19-20(28-16-7-3-2-6-15(16)27-19)29-35(33,34)18-8-4-1-5-13(18)21(23,24)25/h1-11H,(H,26,27)(H,28,29). The van der Waals surface area contributed by atoms with Gasteiger partial charge < -0.3 is 5.32 Å². The molecule has 0 saturated heterocycles. The van der Waals surface area contributed by atoms with Gasteiger partial charge in [0.2, 0.25) is 0 Å². The second-order valence-electron chi connectivity index (χ2n) is 7.06. The van der Waals surface area contributed by atoms with Gasteiger partial charge in [-0.05, 0) is 36.4 Å². The first kappa shape index (κ1) is 24.2. The van der Waals surface area contributed by atoms with Crippen LogP contribution in [-0.2, 0) is 16.2 Å². The maximum atomic E-state index is 13.4. The van der Waals surface area contributed by atoms with E-state index in [0.29, 0.717) is 11.6 Å². The summed E-state index contributed by atoms with van der Waals surface area (Å²) in [6.45, 7) is 0. The van der Waals surface area contributed by atoms with E-state index in [9.17, 15) is 31.7 Å². The largest absolute Gasteiger partial charge is 0.417 e. The molecule has 1 heterocycles. The Balaban J connectivity index is 1.82. The van der Waals surface area contributed by atoms with E-state index in [1.807, 2.05) is 0 Å². The minimum Gasteiger partial charge on any atom is -0.337 e. The van der Waals surface area contributed by atoms with Crippen LogP contribution in [0.15, 0.2) is 71.6 Å². The number of hydrogen-bond donors (Lipinski definition) is 2. The molecule has 0 atom stereocenters. The number of halogens is 4. The lowest BCUT2D eigenvalue weighted by atomic mass is 10.2. The molecule has 0 unspecified atom stereocenters. The van der Waals surface area contributed by atoms with Crippen LogP contribution in [0.5, 0.6) is 0 Å². The Labute approximate surface area is 200 Å². The molecule has 0 saturated carbocycles. The molecule has 2 N–H and O–H groups in total. The number of hydrogen-bond acceptors (Lipinski definition) is 7. The van der Waals surface area contributed by atoms with Crippen molar-refractivity contribution in [1.29, 1.82) is 0 Å². The van der Waals surface area contributed by atoms with E-state index < -0.39 is 43.1 Å². The fourth-order valence-corrected chi connectivity index (χ4v) is 4.57. The first-order valence-corrected chi connectivity index (χ1v) is 11.5. The zero-order chi connectivity index (χ0) is 25.4. The smallest absolute Gasteiger partial charge is 0.337 e. The van der Waals surface area contributed by atoms with Crippen LogP contribution in [0.25, 0.3) is 11.0 Å². The minimum atomic E-state index is -4.93. The van der Waals surface area contributed by atoms with Gasteiger partial charge in [-0.2, -0.15) is 13.2 Å². The molecule has 0 bridgehead atoms. The van der Waals surface area contributed by atoms with Crippen molar-refractivity contribution in [2.45, 2.75) is 11.1 Å². The quantitative estimate of drug-likeness (QED) is 0.243. The summed E-state index contributed by atoms with van der Waals surface area (Å²) >= 11 is 5.83. The fourth-order valence-electron chi connectivity index (χ4n) is 3.14. The van der Waals surface area contributed by atoms with E-state index >= 15 is 0 Å². The van der Waals surface area contributed by atoms with Crippen molar-refractivity contribution in [1.82, 2.24) is 9.97 Å². The summed E-state index contributed by atoms with van der Waals surface area (Å²) < 4.78 is 68.3. The van der Waals surface area contributed by atoms with Crippen molar-refractivity contribution >= 4 is 55.7 Å². The SMILES string of the molecule is O=[N+]([O-])c1cc(Nc2nc3ccccc3nc2NS(=O)(=O)c2ccccc2C(F)(F)F)ccc1Cl. The predicted octanol–water partition coefficient (Wildman–Crippen LogP) is 5.75. The van der Waals surface area contributed by atoms with Gasteiger partial charge in [0, 0.05) is 11.8 Å². The summed E-state index contributed by atoms with van der Waals surface area (Å²) in [6, 6.07) is 13.8. The highest BCUT2D eigenvalue weighted by molar-refractivity contribution is 7.92. The monoisotopic (exact) mass is 523 g/mol. The number of nitro benzene ring substituents is 1. The molecular weight excluding hydrogens is 511 g/mol. The molecule has 0 aliphatic rings. The van der Waals surface area contributed by atoms with Crippen molar-refractivity contribution in [2.75, 3.05) is 10.0 Å². The van der Waals surface area contributed by atoms with E-state index in [-0.39, 0.29) is 22.0 Å². The molecule has 3 aromatic carbocycles. The number of nitro groups is 1. The van der Waals surface area contributed by atoms with Gasteiger partial charge in [0.05, 0.1) is 26.4 Å². The highest BCUT2D eigenvalue weighted by Crippen LogP contribution is 2.36. The van der Waals surface area contributed by atoms with E-state index in [2.05, 4.69) is 20.0 Å². The Hall–Kier alpha value is -3.97. The van der Waals surface area contributed by atoms with Gasteiger partial charge in [0.25, 0.3) is 15.7 Å². The molecule has 4 aromatic rings. The Bertz CT molecular complexity index is 1560. The lowest BCUT2D eigenvalue weighted by molar-refractivity contribution is -0.384. The molecule has 1 aromatic heterocycles. The highest BCUT2D eigenvalue weighted by atomic mass is 35.5. The van der Waals surface area contributed by atoms with Crippen LogP contribution in [0.4, 0.5) is 36.2 Å². The summed E-state index contributed by atoms with van der Waals surface area (Å²) in [5.41, 5.74) is -1.09. The minimum absolute atomic E-state index is 0.113. The second kappa shape index (κ2) is 9.00. The van der Waals surface area contributed by atoms with E-state index in [1.165, 1.54) is 18.2 Å². The maximum absolute atomic E-state index is 13.4. The summed E-state index contributed by atoms with van der Waals surface area (Å²) in [5.74, 6) is -0.619. The van der Waals surface area contributed by atoms with Gasteiger partial charge in [-0.1, -0.05) is 35.9 Å². The molecule has 4 rings (SSSR count). The molecule has 0 amide bonds. The van der Waals surface area contributed by atoms with Crippen molar-refractivity contribution in [3.05, 3.63) is 87.4 Å². The molecule has 9 nitrogen and oxygen atoms in total. The first-order valence-electron chi connectivity index (χ1n) is 9.62. The summed E-state index contributed by atoms with van der Waals surface area (Å²) in [4.78, 5) is 18.0. The van der Waals surface area contributed by atoms with Gasteiger partial charge >= 0.3 is 6.18 Å². The van der Waals surface area contributed by atoms with Crippen molar-refractivity contribution in [3.8, 4) is 0 Å². The summed E-state index contributed by atoms with van der Waals surface area (Å²) in [6.07, 6.45) is -4.93. The van der Waals surface area contributed by atoms with Crippen LogP contribution in [0.3, 0.4) is 0 Å². The molecule has 0 aliphatic heterocycles. The average Bonchev–Trinajstić information content (AvgIpc) is 2.79. The maximum Gasteiger partial charge on any atom is 0.417 e. The lowest BCUT2D eigenvalue weighted by Crippen LogP contribution is -2.20. The number of nitrogens with zero attached hydrogens (tertiary/aromatic N) is 3. The number of para-hydroxylation sites is 2. The third-order valence-corrected chi connectivity index (χ3v) is 6.41. The van der Waals surface area contributed by atoms with E-state index in [4.69, 9.17) is 11.6 Å². The molecule has 35 heavy (non-hydrogen) atoms. The van der Waals surface area contributed by atoms with E-state index in [1.54, 1.807) is 18.2 Å². The topological polar surface area (TPSA) is 127 Å². The Morgan fingerprint density at radius 2 is 1.51 bits per heavy atom. The molecule has 0 aliphatic carbocycles. The third kappa shape index (κ3) is 5.10. The van der Waals surface area contributed by atoms with Crippen LogP contribution in [-0.4, -0.2) is 23.3 Å². The second-order valence-corrected chi connectivity index (χ2v) is 9.12. The number of rotatable bonds is 6. The van der Waals surface area contributed by atoms with Crippen molar-refractivity contribution in [2.24, 2.45) is 0 Å². The number of aromatic nitrogens is 2. The van der Waals surface area contributed by atoms with Gasteiger partial charge in [-0.15, -0.1) is 0 Å². The van der Waals surface area contributed by atoms with Crippen molar-refractivity contribution < 1.29 is 26.5 Å². The summed E-state index contributed by atoms with van der Waals surface area (Å²) in [7, 11) is -4.78. The van der Waals surface area contributed by atoms with Gasteiger partial charge in [0.1, 0.15) is 5.02 Å². The van der Waals surface area contributed by atoms with Crippen LogP contribution < -0.4 is 10.0 Å². The van der Waals surface area contributed by atoms with Crippen LogP contribution in [0, 0.1) is 10.1 Å². The molecule has 0 fully saturated rings. The number of anilines is 3. The lowest BCUT2D eigenvalue weighted by Gasteiger charge is -2.16. The zero-order valence-corrected chi connectivity index (χ0v) is 18.8. The van der Waals surface area contributed by atoms with Crippen LogP contribution in [0.1, 0.15) is 5.56 Å². The zero-order valence-electron chi connectivity index (χ0n) is 17.2. The third-order valence-electron chi connectivity index (χ3n) is 4.69. The number of sulfonamides is 1. The Kier molecular flexibility index (Phi) is 6.21. The molecule has 0 radical (unpaired) electrons. The van der Waals surface area contributed by atoms with Crippen molar-refractivity contribution in [3.63, 3.8) is 0 Å². The summed E-state index contributed by atoms with van der Waals surface area (Å²) in [5, 5.41) is 13.8. The van der Waals surface area contributed by atoms with Crippen LogP contribution >= 0.6 is 11.6 Å². The van der Waals surface area contributed by atoms with Crippen LogP contribution in [0.2, 0.25) is 5.02 Å². The van der Waals surface area contributed by atoms with Gasteiger partial charge in [-0.3, -0.25) is 14.8 Å². The predicted molar refractivity (Wildman–Crippen MR) is 123 cm³/mol. The van der Waals surface area contributed by atoms with Gasteiger partial charge in [-0.25, -0.2) is 18.4 Å². The normalized spacial score (nSPS) is 11.9. The fraction of sp³-hybridized carbons (Fsp3) is 0.0476. The number of benzene rings is 3. The Morgan fingerprint density at radius 3 is 2.14 bits per heavy atom. The number of alkyl halides is 3. The number of fused-ring (bicyclic) bond motifs is 1. The highest BCUT2D eigenvalue weighted by Gasteiger charge is 2.37. The molecule has 180 valence electrons. The molecular formula is C21H13ClF3N5O4S. The van der Waals surface area contributed by atoms with E-state index in [0.717, 1.165) is 24.3 Å². The Morgan fingerprint density at radius 1 is 0.914 bits per heavy atom. The molecule has 0 spiro atoms. The first-order chi connectivity index (χ1) is 16.5. The molecule has 14 heteroatoms. The van der Waals surface area contributed by atoms with Gasteiger partial charge in [0.15, 0.2) is 11.6 Å².